The van der Waals surface area contributed by atoms with E-state index in [1.54, 1.807) is 0 Å². The number of hydrogen-bond donors (Lipinski definition) is 3. The summed E-state index contributed by atoms with van der Waals surface area (Å²) in [5, 5.41) is 20.4. The fraction of sp³-hybridized carbons (Fsp3) is 0.875. The molecule has 3 heteroatoms. The van der Waals surface area contributed by atoms with Crippen molar-refractivity contribution >= 4 is 0 Å². The van der Waals surface area contributed by atoms with Crippen molar-refractivity contribution in [2.45, 2.75) is 82.5 Å². The van der Waals surface area contributed by atoms with Crippen LogP contribution in [0.5, 0.6) is 0 Å². The van der Waals surface area contributed by atoms with Crippen molar-refractivity contribution in [2.24, 2.45) is 11.7 Å². The Bertz CT molecular complexity index is 297. The molecule has 1 saturated carbocycles. The van der Waals surface area contributed by atoms with E-state index in [1.165, 1.54) is 38.5 Å². The molecule has 1 fully saturated rings. The number of rotatable bonds is 5. The number of hydrogen-bond acceptors (Lipinski definition) is 3. The van der Waals surface area contributed by atoms with Crippen LogP contribution in [-0.2, 0) is 0 Å². The second kappa shape index (κ2) is 7.41. The summed E-state index contributed by atoms with van der Waals surface area (Å²) in [6.07, 6.45) is 11.8. The van der Waals surface area contributed by atoms with E-state index in [0.29, 0.717) is 12.3 Å². The van der Waals surface area contributed by atoms with Crippen molar-refractivity contribution in [1.29, 1.82) is 0 Å². The normalized spacial score (nSPS) is 26.6. The SMILES string of the molecule is NC(CC(O)C(O)C1=CCCCC1)C1CCCCC1. The summed E-state index contributed by atoms with van der Waals surface area (Å²) in [4.78, 5) is 0. The number of allylic oxidation sites excluding steroid dienone is 1. The van der Waals surface area contributed by atoms with Gasteiger partial charge in [-0.05, 0) is 56.4 Å². The first-order valence-electron chi connectivity index (χ1n) is 7.99. The van der Waals surface area contributed by atoms with Crippen LogP contribution in [0.1, 0.15) is 64.2 Å². The van der Waals surface area contributed by atoms with Crippen molar-refractivity contribution in [2.75, 3.05) is 0 Å². The highest BCUT2D eigenvalue weighted by Gasteiger charge is 2.27. The Morgan fingerprint density at radius 1 is 1.11 bits per heavy atom. The standard InChI is InChI=1S/C16H29NO2/c17-14(12-7-3-1-4-8-12)11-15(18)16(19)13-9-5-2-6-10-13/h9,12,14-16,18-19H,1-8,10-11,17H2. The van der Waals surface area contributed by atoms with Gasteiger partial charge < -0.3 is 15.9 Å². The van der Waals surface area contributed by atoms with Crippen LogP contribution >= 0.6 is 0 Å². The molecule has 0 aromatic heterocycles. The molecular weight excluding hydrogens is 238 g/mol. The highest BCUT2D eigenvalue weighted by molar-refractivity contribution is 5.12. The van der Waals surface area contributed by atoms with Crippen LogP contribution < -0.4 is 5.73 Å². The lowest BCUT2D eigenvalue weighted by atomic mass is 9.81. The molecule has 19 heavy (non-hydrogen) atoms. The summed E-state index contributed by atoms with van der Waals surface area (Å²) in [6.45, 7) is 0. The van der Waals surface area contributed by atoms with Gasteiger partial charge in [-0.1, -0.05) is 25.3 Å². The molecule has 0 aromatic rings. The first-order valence-corrected chi connectivity index (χ1v) is 7.99. The Hall–Kier alpha value is -0.380. The molecule has 110 valence electrons. The minimum atomic E-state index is -0.699. The first kappa shape index (κ1) is 15.0. The Morgan fingerprint density at radius 3 is 2.47 bits per heavy atom. The van der Waals surface area contributed by atoms with Crippen LogP contribution in [-0.4, -0.2) is 28.5 Å². The lowest BCUT2D eigenvalue weighted by molar-refractivity contribution is 0.0241. The van der Waals surface area contributed by atoms with E-state index in [1.807, 2.05) is 0 Å². The highest BCUT2D eigenvalue weighted by Crippen LogP contribution is 2.29. The quantitative estimate of drug-likeness (QED) is 0.671. The summed E-state index contributed by atoms with van der Waals surface area (Å²) < 4.78 is 0. The van der Waals surface area contributed by atoms with Gasteiger partial charge in [-0.25, -0.2) is 0 Å². The summed E-state index contributed by atoms with van der Waals surface area (Å²) in [6, 6.07) is 0.0362. The predicted octanol–water partition coefficient (Wildman–Crippen LogP) is 2.51. The third-order valence-electron chi connectivity index (χ3n) is 4.84. The molecule has 3 atom stereocenters. The third-order valence-corrected chi connectivity index (χ3v) is 4.84. The van der Waals surface area contributed by atoms with Gasteiger partial charge in [-0.2, -0.15) is 0 Å². The maximum atomic E-state index is 10.2. The van der Waals surface area contributed by atoms with E-state index in [2.05, 4.69) is 6.08 Å². The van der Waals surface area contributed by atoms with E-state index in [-0.39, 0.29) is 6.04 Å². The van der Waals surface area contributed by atoms with Gasteiger partial charge in [-0.3, -0.25) is 0 Å². The maximum Gasteiger partial charge on any atom is 0.101 e. The van der Waals surface area contributed by atoms with Crippen molar-refractivity contribution in [3.63, 3.8) is 0 Å². The van der Waals surface area contributed by atoms with Gasteiger partial charge in [0.25, 0.3) is 0 Å². The average molecular weight is 267 g/mol. The monoisotopic (exact) mass is 267 g/mol. The molecule has 0 heterocycles. The molecule has 4 N–H and O–H groups in total. The molecule has 2 rings (SSSR count). The van der Waals surface area contributed by atoms with Gasteiger partial charge in [-0.15, -0.1) is 0 Å². The minimum Gasteiger partial charge on any atom is -0.390 e. The van der Waals surface area contributed by atoms with Crippen LogP contribution in [0.15, 0.2) is 11.6 Å². The fourth-order valence-corrected chi connectivity index (χ4v) is 3.54. The van der Waals surface area contributed by atoms with Gasteiger partial charge in [0, 0.05) is 6.04 Å². The van der Waals surface area contributed by atoms with Crippen LogP contribution in [0.25, 0.3) is 0 Å². The van der Waals surface area contributed by atoms with Gasteiger partial charge >= 0.3 is 0 Å². The second-order valence-corrected chi connectivity index (χ2v) is 6.33. The lowest BCUT2D eigenvalue weighted by Gasteiger charge is -2.31. The van der Waals surface area contributed by atoms with E-state index in [9.17, 15) is 10.2 Å². The van der Waals surface area contributed by atoms with Crippen molar-refractivity contribution < 1.29 is 10.2 Å². The molecule has 0 aromatic carbocycles. The van der Waals surface area contributed by atoms with E-state index < -0.39 is 12.2 Å². The molecule has 0 radical (unpaired) electrons. The Kier molecular flexibility index (Phi) is 5.86. The lowest BCUT2D eigenvalue weighted by Crippen LogP contribution is -2.39. The zero-order valence-electron chi connectivity index (χ0n) is 11.9. The molecule has 2 aliphatic rings. The van der Waals surface area contributed by atoms with Crippen LogP contribution in [0.4, 0.5) is 0 Å². The second-order valence-electron chi connectivity index (χ2n) is 6.33. The van der Waals surface area contributed by atoms with Crippen LogP contribution in [0.2, 0.25) is 0 Å². The molecule has 0 amide bonds. The number of nitrogens with two attached hydrogens (primary N) is 1. The van der Waals surface area contributed by atoms with Crippen molar-refractivity contribution in [3.05, 3.63) is 11.6 Å². The molecule has 2 aliphatic carbocycles. The number of aliphatic hydroxyl groups excluding tert-OH is 2. The van der Waals surface area contributed by atoms with Gasteiger partial charge in [0.1, 0.15) is 6.10 Å². The Morgan fingerprint density at radius 2 is 1.84 bits per heavy atom. The van der Waals surface area contributed by atoms with Gasteiger partial charge in [0.2, 0.25) is 0 Å². The van der Waals surface area contributed by atoms with E-state index in [0.717, 1.165) is 24.8 Å². The largest absolute Gasteiger partial charge is 0.390 e. The van der Waals surface area contributed by atoms with Crippen LogP contribution in [0.3, 0.4) is 0 Å². The number of aliphatic hydroxyl groups is 2. The summed E-state index contributed by atoms with van der Waals surface area (Å²) in [7, 11) is 0. The van der Waals surface area contributed by atoms with E-state index in [4.69, 9.17) is 5.73 Å². The molecule has 0 saturated heterocycles. The zero-order valence-corrected chi connectivity index (χ0v) is 11.9. The van der Waals surface area contributed by atoms with E-state index >= 15 is 0 Å². The zero-order chi connectivity index (χ0) is 13.7. The summed E-state index contributed by atoms with van der Waals surface area (Å²) >= 11 is 0. The summed E-state index contributed by atoms with van der Waals surface area (Å²) in [5.74, 6) is 0.538. The molecule has 0 bridgehead atoms. The molecule has 0 spiro atoms. The molecule has 3 nitrogen and oxygen atoms in total. The minimum absolute atomic E-state index is 0.0362. The predicted molar refractivity (Wildman–Crippen MR) is 77.7 cm³/mol. The van der Waals surface area contributed by atoms with Gasteiger partial charge in [0.05, 0.1) is 6.10 Å². The third kappa shape index (κ3) is 4.30. The first-order chi connectivity index (χ1) is 9.18. The smallest absolute Gasteiger partial charge is 0.101 e. The molecule has 0 aliphatic heterocycles. The van der Waals surface area contributed by atoms with Gasteiger partial charge in [0.15, 0.2) is 0 Å². The molecule has 3 unspecified atom stereocenters. The fourth-order valence-electron chi connectivity index (χ4n) is 3.54. The van der Waals surface area contributed by atoms with Crippen molar-refractivity contribution in [3.8, 4) is 0 Å². The molecular formula is C16H29NO2. The highest BCUT2D eigenvalue weighted by atomic mass is 16.3. The maximum absolute atomic E-state index is 10.2. The van der Waals surface area contributed by atoms with Crippen molar-refractivity contribution in [1.82, 2.24) is 0 Å². The topological polar surface area (TPSA) is 66.5 Å². The Labute approximate surface area is 116 Å². The summed E-state index contributed by atoms with van der Waals surface area (Å²) in [5.41, 5.74) is 7.25. The van der Waals surface area contributed by atoms with Crippen LogP contribution in [0, 0.1) is 5.92 Å². The Balaban J connectivity index is 1.81. The average Bonchev–Trinajstić information content (AvgIpc) is 2.48.